The highest BCUT2D eigenvalue weighted by atomic mass is 35.5. The lowest BCUT2D eigenvalue weighted by Gasteiger charge is -2.17. The van der Waals surface area contributed by atoms with Crippen LogP contribution in [0.25, 0.3) is 0 Å². The first-order valence-electron chi connectivity index (χ1n) is 6.35. The van der Waals surface area contributed by atoms with Gasteiger partial charge in [-0.2, -0.15) is 0 Å². The van der Waals surface area contributed by atoms with Crippen molar-refractivity contribution in [2.45, 2.75) is 19.2 Å². The van der Waals surface area contributed by atoms with Gasteiger partial charge in [0, 0.05) is 15.6 Å². The van der Waals surface area contributed by atoms with Gasteiger partial charge in [0.25, 0.3) is 0 Å². The van der Waals surface area contributed by atoms with Crippen LogP contribution in [0.2, 0.25) is 10.0 Å². The number of halogens is 3. The topological polar surface area (TPSA) is 9.23 Å². The van der Waals surface area contributed by atoms with Crippen molar-refractivity contribution < 1.29 is 4.74 Å². The number of benzene rings is 2. The molecule has 0 aliphatic heterocycles. The van der Waals surface area contributed by atoms with Crippen LogP contribution in [0.5, 0.6) is 5.75 Å². The fourth-order valence-electron chi connectivity index (χ4n) is 2.03. The molecular weight excluding hydrogens is 315 g/mol. The van der Waals surface area contributed by atoms with Crippen LogP contribution in [0, 0.1) is 6.92 Å². The molecule has 1 atom stereocenters. The highest BCUT2D eigenvalue weighted by Gasteiger charge is 2.19. The zero-order chi connectivity index (χ0) is 14.7. The Bertz CT molecular complexity index is 611. The Morgan fingerprint density at radius 3 is 2.45 bits per heavy atom. The third-order valence-corrected chi connectivity index (χ3v) is 4.01. The monoisotopic (exact) mass is 328 g/mol. The van der Waals surface area contributed by atoms with E-state index in [0.717, 1.165) is 22.4 Å². The average Bonchev–Trinajstić information content (AvgIpc) is 2.40. The SMILES string of the molecule is CCOc1ccc(C)cc1C(Cl)c1ccc(Cl)cc1Cl. The summed E-state index contributed by atoms with van der Waals surface area (Å²) in [7, 11) is 0. The van der Waals surface area contributed by atoms with Gasteiger partial charge in [-0.3, -0.25) is 0 Å². The summed E-state index contributed by atoms with van der Waals surface area (Å²) in [4.78, 5) is 0. The summed E-state index contributed by atoms with van der Waals surface area (Å²) in [6.07, 6.45) is 0. The molecule has 0 aliphatic carbocycles. The first-order chi connectivity index (χ1) is 9.52. The predicted molar refractivity (Wildman–Crippen MR) is 86.5 cm³/mol. The second kappa shape index (κ2) is 6.71. The molecule has 1 nitrogen and oxygen atoms in total. The van der Waals surface area contributed by atoms with Crippen LogP contribution in [0.15, 0.2) is 36.4 Å². The quantitative estimate of drug-likeness (QED) is 0.622. The standard InChI is InChI=1S/C16H15Cl3O/c1-3-20-15-7-4-10(2)8-13(15)16(19)12-6-5-11(17)9-14(12)18/h4-9,16H,3H2,1-2H3. The number of alkyl halides is 1. The van der Waals surface area contributed by atoms with Crippen LogP contribution in [0.4, 0.5) is 0 Å². The molecule has 106 valence electrons. The van der Waals surface area contributed by atoms with E-state index in [0.29, 0.717) is 16.7 Å². The zero-order valence-corrected chi connectivity index (χ0v) is 13.6. The van der Waals surface area contributed by atoms with Crippen LogP contribution in [0.3, 0.4) is 0 Å². The molecule has 20 heavy (non-hydrogen) atoms. The van der Waals surface area contributed by atoms with E-state index < -0.39 is 0 Å². The van der Waals surface area contributed by atoms with Crippen LogP contribution in [-0.2, 0) is 0 Å². The smallest absolute Gasteiger partial charge is 0.124 e. The molecule has 0 aromatic heterocycles. The maximum atomic E-state index is 6.59. The lowest BCUT2D eigenvalue weighted by atomic mass is 10.0. The summed E-state index contributed by atoms with van der Waals surface area (Å²) in [5, 5.41) is 0.777. The van der Waals surface area contributed by atoms with Gasteiger partial charge in [-0.25, -0.2) is 0 Å². The Morgan fingerprint density at radius 1 is 1.05 bits per heavy atom. The van der Waals surface area contributed by atoms with Crippen molar-refractivity contribution in [2.24, 2.45) is 0 Å². The maximum Gasteiger partial charge on any atom is 0.124 e. The third-order valence-electron chi connectivity index (χ3n) is 2.97. The summed E-state index contributed by atoms with van der Waals surface area (Å²) < 4.78 is 5.64. The number of rotatable bonds is 4. The second-order valence-electron chi connectivity index (χ2n) is 4.50. The minimum absolute atomic E-state index is 0.374. The second-order valence-corrected chi connectivity index (χ2v) is 5.78. The molecule has 0 amide bonds. The summed E-state index contributed by atoms with van der Waals surface area (Å²) in [6.45, 7) is 4.56. The molecule has 0 heterocycles. The largest absolute Gasteiger partial charge is 0.494 e. The van der Waals surface area contributed by atoms with Crippen molar-refractivity contribution in [1.82, 2.24) is 0 Å². The van der Waals surface area contributed by atoms with Gasteiger partial charge in [0.05, 0.1) is 12.0 Å². The van der Waals surface area contributed by atoms with E-state index in [1.54, 1.807) is 12.1 Å². The molecular formula is C16H15Cl3O. The van der Waals surface area contributed by atoms with Gasteiger partial charge >= 0.3 is 0 Å². The molecule has 0 saturated heterocycles. The molecule has 0 spiro atoms. The maximum absolute atomic E-state index is 6.59. The average molecular weight is 330 g/mol. The Morgan fingerprint density at radius 2 is 1.80 bits per heavy atom. The Kier molecular flexibility index (Phi) is 5.20. The van der Waals surface area contributed by atoms with E-state index in [9.17, 15) is 0 Å². The summed E-state index contributed by atoms with van der Waals surface area (Å²) in [6, 6.07) is 11.3. The normalized spacial score (nSPS) is 12.2. The lowest BCUT2D eigenvalue weighted by molar-refractivity contribution is 0.337. The number of hydrogen-bond acceptors (Lipinski definition) is 1. The minimum Gasteiger partial charge on any atom is -0.494 e. The molecule has 0 bridgehead atoms. The summed E-state index contributed by atoms with van der Waals surface area (Å²) >= 11 is 18.7. The molecule has 0 aliphatic rings. The highest BCUT2D eigenvalue weighted by molar-refractivity contribution is 6.36. The van der Waals surface area contributed by atoms with Gasteiger partial charge < -0.3 is 4.74 Å². The predicted octanol–water partition coefficient (Wildman–Crippen LogP) is 6.03. The number of ether oxygens (including phenoxy) is 1. The Balaban J connectivity index is 2.46. The van der Waals surface area contributed by atoms with Crippen LogP contribution < -0.4 is 4.74 Å². The molecule has 0 saturated carbocycles. The van der Waals surface area contributed by atoms with Crippen molar-refractivity contribution in [2.75, 3.05) is 6.61 Å². The molecule has 2 rings (SSSR count). The van der Waals surface area contributed by atoms with Gasteiger partial charge in [0.1, 0.15) is 5.75 Å². The number of aryl methyl sites for hydroxylation is 1. The van der Waals surface area contributed by atoms with Crippen molar-refractivity contribution in [1.29, 1.82) is 0 Å². The molecule has 4 heteroatoms. The van der Waals surface area contributed by atoms with E-state index in [1.165, 1.54) is 0 Å². The van der Waals surface area contributed by atoms with Crippen LogP contribution >= 0.6 is 34.8 Å². The molecule has 0 fully saturated rings. The Hall–Kier alpha value is -0.890. The lowest BCUT2D eigenvalue weighted by Crippen LogP contribution is -2.01. The van der Waals surface area contributed by atoms with E-state index >= 15 is 0 Å². The van der Waals surface area contributed by atoms with E-state index in [2.05, 4.69) is 0 Å². The first kappa shape index (κ1) is 15.5. The van der Waals surface area contributed by atoms with Gasteiger partial charge in [-0.15, -0.1) is 11.6 Å². The summed E-state index contributed by atoms with van der Waals surface area (Å²) in [5.74, 6) is 0.782. The third kappa shape index (κ3) is 3.41. The zero-order valence-electron chi connectivity index (χ0n) is 11.3. The molecule has 2 aromatic carbocycles. The van der Waals surface area contributed by atoms with Gasteiger partial charge in [-0.05, 0) is 37.6 Å². The highest BCUT2D eigenvalue weighted by Crippen LogP contribution is 2.39. The number of hydrogen-bond donors (Lipinski definition) is 0. The van der Waals surface area contributed by atoms with E-state index in [-0.39, 0.29) is 5.38 Å². The van der Waals surface area contributed by atoms with Gasteiger partial charge in [-0.1, -0.05) is 47.0 Å². The van der Waals surface area contributed by atoms with Crippen LogP contribution in [-0.4, -0.2) is 6.61 Å². The first-order valence-corrected chi connectivity index (χ1v) is 7.54. The van der Waals surface area contributed by atoms with E-state index in [4.69, 9.17) is 39.5 Å². The minimum atomic E-state index is -0.374. The summed E-state index contributed by atoms with van der Waals surface area (Å²) in [5.41, 5.74) is 2.86. The fourth-order valence-corrected chi connectivity index (χ4v) is 2.96. The van der Waals surface area contributed by atoms with Crippen molar-refractivity contribution in [3.05, 3.63) is 63.1 Å². The van der Waals surface area contributed by atoms with Crippen LogP contribution in [0.1, 0.15) is 29.0 Å². The Labute approximate surface area is 134 Å². The fraction of sp³-hybridized carbons (Fsp3) is 0.250. The van der Waals surface area contributed by atoms with Crippen molar-refractivity contribution in [3.63, 3.8) is 0 Å². The molecule has 1 unspecified atom stereocenters. The molecule has 0 radical (unpaired) electrons. The van der Waals surface area contributed by atoms with E-state index in [1.807, 2.05) is 38.1 Å². The molecule has 2 aromatic rings. The van der Waals surface area contributed by atoms with Crippen molar-refractivity contribution in [3.8, 4) is 5.75 Å². The van der Waals surface area contributed by atoms with Gasteiger partial charge in [0.2, 0.25) is 0 Å². The van der Waals surface area contributed by atoms with Gasteiger partial charge in [0.15, 0.2) is 0 Å². The van der Waals surface area contributed by atoms with Crippen molar-refractivity contribution >= 4 is 34.8 Å². The molecule has 0 N–H and O–H groups in total.